The van der Waals surface area contributed by atoms with Gasteiger partial charge >= 0.3 is 12.3 Å². The summed E-state index contributed by atoms with van der Waals surface area (Å²) in [5, 5.41) is 0. The third-order valence-electron chi connectivity index (χ3n) is 1.77. The second kappa shape index (κ2) is 6.42. The van der Waals surface area contributed by atoms with Crippen LogP contribution in [0.2, 0.25) is 12.6 Å². The lowest BCUT2D eigenvalue weighted by Crippen LogP contribution is -2.24. The van der Waals surface area contributed by atoms with E-state index in [-0.39, 0.29) is 9.52 Å². The molecule has 0 saturated carbocycles. The molecule has 0 aliphatic rings. The van der Waals surface area contributed by atoms with E-state index in [0.717, 1.165) is 6.04 Å². The van der Waals surface area contributed by atoms with E-state index < -0.39 is 31.7 Å². The first kappa shape index (κ1) is 14.8. The van der Waals surface area contributed by atoms with Crippen molar-refractivity contribution in [1.82, 2.24) is 0 Å². The summed E-state index contributed by atoms with van der Waals surface area (Å²) in [7, 11) is -0.265. The molecule has 0 fully saturated rings. The summed E-state index contributed by atoms with van der Waals surface area (Å²) in [6.45, 7) is 1.02. The molecule has 0 unspecified atom stereocenters. The minimum atomic E-state index is -4.44. The molecule has 0 saturated heterocycles. The quantitative estimate of drug-likeness (QED) is 0.383. The van der Waals surface area contributed by atoms with Gasteiger partial charge in [0.1, 0.15) is 0 Å². The monoisotopic (exact) mass is 250 g/mol. The van der Waals surface area contributed by atoms with E-state index >= 15 is 0 Å². The lowest BCUT2D eigenvalue weighted by molar-refractivity contribution is -0.254. The second-order valence-electron chi connectivity index (χ2n) is 3.31. The van der Waals surface area contributed by atoms with Gasteiger partial charge in [0.2, 0.25) is 0 Å². The molecule has 15 heavy (non-hydrogen) atoms. The fourth-order valence-electron chi connectivity index (χ4n) is 0.969. The van der Waals surface area contributed by atoms with Gasteiger partial charge in [0.05, 0.1) is 13.0 Å². The zero-order valence-corrected chi connectivity index (χ0v) is 9.95. The molecule has 0 N–H and O–H groups in total. The van der Waals surface area contributed by atoms with Crippen molar-refractivity contribution in [3.8, 4) is 0 Å². The summed E-state index contributed by atoms with van der Waals surface area (Å²) < 4.78 is 64.3. The first-order valence-corrected chi connectivity index (χ1v) is 7.27. The van der Waals surface area contributed by atoms with E-state index in [0.29, 0.717) is 6.42 Å². The molecule has 0 aromatic heterocycles. The van der Waals surface area contributed by atoms with Gasteiger partial charge in [0.15, 0.2) is 0 Å². The van der Waals surface area contributed by atoms with E-state index in [2.05, 4.69) is 4.74 Å². The first-order valence-electron chi connectivity index (χ1n) is 4.85. The van der Waals surface area contributed by atoms with Crippen LogP contribution in [0.25, 0.3) is 0 Å². The summed E-state index contributed by atoms with van der Waals surface area (Å²) in [5.41, 5.74) is 0. The van der Waals surface area contributed by atoms with Crippen LogP contribution >= 0.6 is 0 Å². The van der Waals surface area contributed by atoms with Gasteiger partial charge in [-0.15, -0.1) is 0 Å². The zero-order chi connectivity index (χ0) is 11.9. The Balaban J connectivity index is 3.64. The van der Waals surface area contributed by atoms with Crippen molar-refractivity contribution in [3.05, 3.63) is 0 Å². The molecule has 7 heteroatoms. The summed E-state index contributed by atoms with van der Waals surface area (Å²) in [4.78, 5) is 0. The van der Waals surface area contributed by atoms with Crippen molar-refractivity contribution in [2.45, 2.75) is 44.1 Å². The highest BCUT2D eigenvalue weighted by Gasteiger charge is 2.32. The van der Waals surface area contributed by atoms with E-state index in [1.54, 1.807) is 0 Å². The van der Waals surface area contributed by atoms with Gasteiger partial charge in [-0.3, -0.25) is 0 Å². The number of alkyl halides is 5. The molecule has 0 aliphatic heterocycles. The second-order valence-corrected chi connectivity index (χ2v) is 5.02. The highest BCUT2D eigenvalue weighted by molar-refractivity contribution is 6.33. The average molecular weight is 250 g/mol. The van der Waals surface area contributed by atoms with E-state index in [9.17, 15) is 22.0 Å². The highest BCUT2D eigenvalue weighted by Crippen LogP contribution is 2.26. The van der Waals surface area contributed by atoms with Crippen LogP contribution in [0, 0.1) is 0 Å². The van der Waals surface area contributed by atoms with Gasteiger partial charge in [-0.05, 0) is 6.42 Å². The van der Waals surface area contributed by atoms with Crippen LogP contribution in [0.4, 0.5) is 22.0 Å². The third-order valence-corrected chi connectivity index (χ3v) is 2.98. The Kier molecular flexibility index (Phi) is 6.34. The van der Waals surface area contributed by atoms with Crippen molar-refractivity contribution in [2.75, 3.05) is 6.61 Å². The Bertz CT molecular complexity index is 171. The fraction of sp³-hybridized carbons (Fsp3) is 1.00. The number of hydrogen-bond donors (Lipinski definition) is 0. The molecule has 0 spiro atoms. The molecule has 92 valence electrons. The lowest BCUT2D eigenvalue weighted by atomic mass is 10.3. The van der Waals surface area contributed by atoms with Gasteiger partial charge in [-0.2, -0.15) is 22.0 Å². The van der Waals surface area contributed by atoms with Crippen molar-refractivity contribution in [1.29, 1.82) is 0 Å². The van der Waals surface area contributed by atoms with E-state index in [1.807, 2.05) is 6.55 Å². The molecule has 0 rings (SSSR count). The van der Waals surface area contributed by atoms with Crippen LogP contribution < -0.4 is 0 Å². The number of halogens is 5. The SMILES string of the molecule is C[SiH2]CCCC(F)(F)OCCC(F)(F)F. The lowest BCUT2D eigenvalue weighted by Gasteiger charge is -2.17. The van der Waals surface area contributed by atoms with Crippen molar-refractivity contribution in [2.24, 2.45) is 0 Å². The Labute approximate surface area is 87.8 Å². The predicted octanol–water partition coefficient (Wildman–Crippen LogP) is 2.96. The molecule has 0 aromatic rings. The van der Waals surface area contributed by atoms with Gasteiger partial charge in [0.25, 0.3) is 0 Å². The van der Waals surface area contributed by atoms with Crippen molar-refractivity contribution in [3.63, 3.8) is 0 Å². The van der Waals surface area contributed by atoms with E-state index in [1.165, 1.54) is 0 Å². The molecular formula is C8H15F5OSi. The molecule has 0 atom stereocenters. The van der Waals surface area contributed by atoms with Crippen LogP contribution in [-0.4, -0.2) is 28.4 Å². The van der Waals surface area contributed by atoms with Crippen LogP contribution in [-0.2, 0) is 4.74 Å². The minimum Gasteiger partial charge on any atom is -0.320 e. The summed E-state index contributed by atoms with van der Waals surface area (Å²) in [6.07, 6.45) is -9.33. The fourth-order valence-corrected chi connectivity index (χ4v) is 1.72. The average Bonchev–Trinajstić information content (AvgIpc) is 2.01. The molecule has 0 amide bonds. The normalized spacial score (nSPS) is 14.0. The Hall–Kier alpha value is -0.173. The largest absolute Gasteiger partial charge is 0.391 e. The smallest absolute Gasteiger partial charge is 0.320 e. The van der Waals surface area contributed by atoms with E-state index in [4.69, 9.17) is 0 Å². The molecule has 1 nitrogen and oxygen atoms in total. The third kappa shape index (κ3) is 10.1. The maximum Gasteiger partial charge on any atom is 0.391 e. The topological polar surface area (TPSA) is 9.23 Å². The van der Waals surface area contributed by atoms with Crippen molar-refractivity contribution < 1.29 is 26.7 Å². The van der Waals surface area contributed by atoms with Gasteiger partial charge in [-0.1, -0.05) is 12.6 Å². The Morgan fingerprint density at radius 2 is 1.67 bits per heavy atom. The van der Waals surface area contributed by atoms with Crippen LogP contribution in [0.15, 0.2) is 0 Å². The van der Waals surface area contributed by atoms with Crippen LogP contribution in [0.3, 0.4) is 0 Å². The molecular weight excluding hydrogens is 235 g/mol. The molecule has 0 aliphatic carbocycles. The highest BCUT2D eigenvalue weighted by atomic mass is 28.2. The number of rotatable bonds is 7. The molecule has 0 aromatic carbocycles. The van der Waals surface area contributed by atoms with Crippen molar-refractivity contribution >= 4 is 9.52 Å². The summed E-state index contributed by atoms with van der Waals surface area (Å²) in [5.74, 6) is 0. The van der Waals surface area contributed by atoms with Gasteiger partial charge in [0, 0.05) is 15.9 Å². The first-order chi connectivity index (χ1) is 6.77. The molecule has 0 bridgehead atoms. The zero-order valence-electron chi connectivity index (χ0n) is 8.54. The predicted molar refractivity (Wildman–Crippen MR) is 50.0 cm³/mol. The summed E-state index contributed by atoms with van der Waals surface area (Å²) >= 11 is 0. The standard InChI is InChI=1S/C8H15F5OSi/c1-15-6-2-3-8(12,13)14-5-4-7(9,10)11/h2-6,15H2,1H3. The Morgan fingerprint density at radius 3 is 2.13 bits per heavy atom. The van der Waals surface area contributed by atoms with Gasteiger partial charge < -0.3 is 4.74 Å². The molecule has 0 radical (unpaired) electrons. The maximum absolute atomic E-state index is 12.7. The maximum atomic E-state index is 12.7. The number of hydrogen-bond acceptors (Lipinski definition) is 1. The van der Waals surface area contributed by atoms with Gasteiger partial charge in [-0.25, -0.2) is 0 Å². The molecule has 0 heterocycles. The number of ether oxygens (including phenoxy) is 1. The minimum absolute atomic E-state index is 0.265. The van der Waals surface area contributed by atoms with Crippen LogP contribution in [0.1, 0.15) is 19.3 Å². The summed E-state index contributed by atoms with van der Waals surface area (Å²) in [6, 6.07) is 0.762. The Morgan fingerprint density at radius 1 is 1.07 bits per heavy atom. The van der Waals surface area contributed by atoms with Crippen LogP contribution in [0.5, 0.6) is 0 Å².